The van der Waals surface area contributed by atoms with E-state index in [-0.39, 0.29) is 0 Å². The van der Waals surface area contributed by atoms with Crippen molar-refractivity contribution in [3.8, 4) is 0 Å². The van der Waals surface area contributed by atoms with Crippen molar-refractivity contribution in [2.75, 3.05) is 0 Å². The molecule has 0 bridgehead atoms. The molecule has 1 aromatic rings. The van der Waals surface area contributed by atoms with E-state index in [4.69, 9.17) is 0 Å². The van der Waals surface area contributed by atoms with Crippen LogP contribution >= 0.6 is 11.3 Å². The SMILES string of the molecule is CCCCCCc1c[c]([Sn]([CH3])([CH3])[CH3])s[c]1[Sn]([CH3])([CH3])[CH3]. The van der Waals surface area contributed by atoms with Crippen molar-refractivity contribution in [3.05, 3.63) is 11.6 Å². The molecule has 0 fully saturated rings. The van der Waals surface area contributed by atoms with Crippen molar-refractivity contribution < 1.29 is 0 Å². The molecule has 0 radical (unpaired) electrons. The third-order valence-corrected chi connectivity index (χ3v) is 23.7. The molecule has 0 unspecified atom stereocenters. The summed E-state index contributed by atoms with van der Waals surface area (Å²) in [7, 11) is 0. The number of thiophene rings is 1. The Morgan fingerprint density at radius 2 is 1.53 bits per heavy atom. The molecule has 1 rings (SSSR count). The number of unbranched alkanes of at least 4 members (excludes halogenated alkanes) is 3. The fourth-order valence-electron chi connectivity index (χ4n) is 2.36. The first kappa shape index (κ1) is 18.3. The van der Waals surface area contributed by atoms with Gasteiger partial charge < -0.3 is 0 Å². The van der Waals surface area contributed by atoms with Crippen LogP contribution in [0.2, 0.25) is 29.6 Å². The monoisotopic (exact) mass is 496 g/mol. The molecule has 1 heterocycles. The average Bonchev–Trinajstić information content (AvgIpc) is 2.67. The topological polar surface area (TPSA) is 0 Å². The Kier molecular flexibility index (Phi) is 7.27. The van der Waals surface area contributed by atoms with Crippen LogP contribution in [0.3, 0.4) is 0 Å². The predicted octanol–water partition coefficient (Wildman–Crippen LogP) is 4.96. The summed E-state index contributed by atoms with van der Waals surface area (Å²) in [4.78, 5) is 15.4. The van der Waals surface area contributed by atoms with Crippen LogP contribution in [0.4, 0.5) is 0 Å². The summed E-state index contributed by atoms with van der Waals surface area (Å²) in [5, 5.41) is 0. The molecule has 0 atom stereocenters. The Bertz CT molecular complexity index is 394. The van der Waals surface area contributed by atoms with Crippen molar-refractivity contribution in [2.45, 2.75) is 68.7 Å². The quantitative estimate of drug-likeness (QED) is 0.372. The maximum atomic E-state index is 2.63. The van der Waals surface area contributed by atoms with E-state index in [1.54, 1.807) is 8.46 Å². The van der Waals surface area contributed by atoms with E-state index >= 15 is 0 Å². The fraction of sp³-hybridized carbons (Fsp3) is 0.750. The summed E-state index contributed by atoms with van der Waals surface area (Å²) in [5.41, 5.74) is 1.76. The Balaban J connectivity index is 2.91. The second-order valence-electron chi connectivity index (χ2n) is 7.78. The zero-order valence-electron chi connectivity index (χ0n) is 14.0. The van der Waals surface area contributed by atoms with Crippen LogP contribution in [-0.2, 0) is 6.42 Å². The molecule has 110 valence electrons. The summed E-state index contributed by atoms with van der Waals surface area (Å²) in [6.07, 6.45) is 6.92. The van der Waals surface area contributed by atoms with Gasteiger partial charge in [0, 0.05) is 0 Å². The first-order valence-electron chi connectivity index (χ1n) is 7.80. The van der Waals surface area contributed by atoms with Crippen molar-refractivity contribution in [1.82, 2.24) is 0 Å². The summed E-state index contributed by atoms with van der Waals surface area (Å²) in [6.45, 7) is 2.30. The van der Waals surface area contributed by atoms with Crippen molar-refractivity contribution in [3.63, 3.8) is 0 Å². The molecule has 0 saturated heterocycles. The molecular weight excluding hydrogens is 462 g/mol. The van der Waals surface area contributed by atoms with E-state index in [0.717, 1.165) is 0 Å². The molecule has 0 aromatic carbocycles. The number of hydrogen-bond donors (Lipinski definition) is 0. The predicted molar refractivity (Wildman–Crippen MR) is 98.1 cm³/mol. The molecular formula is C16H32SSn2. The van der Waals surface area contributed by atoms with E-state index in [1.807, 2.05) is 2.89 Å². The van der Waals surface area contributed by atoms with Gasteiger partial charge >= 0.3 is 134 Å². The van der Waals surface area contributed by atoms with E-state index in [9.17, 15) is 0 Å². The summed E-state index contributed by atoms with van der Waals surface area (Å²) < 4.78 is 3.67. The molecule has 3 heteroatoms. The van der Waals surface area contributed by atoms with E-state index < -0.39 is 36.8 Å². The Morgan fingerprint density at radius 1 is 0.895 bits per heavy atom. The van der Waals surface area contributed by atoms with Gasteiger partial charge in [-0.3, -0.25) is 0 Å². The third-order valence-electron chi connectivity index (χ3n) is 3.53. The van der Waals surface area contributed by atoms with E-state index in [1.165, 1.54) is 32.1 Å². The molecule has 19 heavy (non-hydrogen) atoms. The molecule has 0 aliphatic heterocycles. The number of hydrogen-bond acceptors (Lipinski definition) is 1. The van der Waals surface area contributed by atoms with Gasteiger partial charge in [0.2, 0.25) is 0 Å². The van der Waals surface area contributed by atoms with Crippen LogP contribution in [0.1, 0.15) is 38.2 Å². The van der Waals surface area contributed by atoms with Gasteiger partial charge in [0.15, 0.2) is 0 Å². The van der Waals surface area contributed by atoms with Gasteiger partial charge in [-0.15, -0.1) is 0 Å². The summed E-state index contributed by atoms with van der Waals surface area (Å²) in [6, 6.07) is 2.63. The standard InChI is InChI=1S/C10H14S.6CH3.2Sn/c1-2-3-4-5-6-10-7-8-11-9-10;;;;;;;;/h7H,2-6H2,1H3;6*1H3;;. The summed E-state index contributed by atoms with van der Waals surface area (Å²) in [5.74, 6) is 0. The second kappa shape index (κ2) is 7.53. The molecule has 0 spiro atoms. The third kappa shape index (κ3) is 5.89. The Hall–Kier alpha value is 1.30. The Morgan fingerprint density at radius 3 is 2.00 bits per heavy atom. The second-order valence-corrected chi connectivity index (χ2v) is 39.5. The van der Waals surface area contributed by atoms with Crippen LogP contribution in [0.5, 0.6) is 0 Å². The van der Waals surface area contributed by atoms with Gasteiger partial charge in [0.05, 0.1) is 0 Å². The van der Waals surface area contributed by atoms with Crippen LogP contribution in [0.15, 0.2) is 6.07 Å². The summed E-state index contributed by atoms with van der Waals surface area (Å²) >= 11 is -1.55. The van der Waals surface area contributed by atoms with Gasteiger partial charge in [0.25, 0.3) is 0 Å². The molecule has 0 nitrogen and oxygen atoms in total. The number of aryl methyl sites for hydroxylation is 1. The van der Waals surface area contributed by atoms with Crippen molar-refractivity contribution in [1.29, 1.82) is 0 Å². The maximum absolute atomic E-state index is 2.63. The molecule has 0 aliphatic rings. The van der Waals surface area contributed by atoms with Crippen LogP contribution in [-0.4, -0.2) is 36.8 Å². The fourth-order valence-corrected chi connectivity index (χ4v) is 18.3. The van der Waals surface area contributed by atoms with Crippen molar-refractivity contribution in [2.24, 2.45) is 0 Å². The van der Waals surface area contributed by atoms with Crippen LogP contribution in [0.25, 0.3) is 0 Å². The van der Waals surface area contributed by atoms with Gasteiger partial charge in [0.1, 0.15) is 0 Å². The molecule has 1 aromatic heterocycles. The molecule has 0 amide bonds. The van der Waals surface area contributed by atoms with Gasteiger partial charge in [-0.1, -0.05) is 0 Å². The zero-order valence-corrected chi connectivity index (χ0v) is 20.5. The minimum atomic E-state index is -1.91. The molecule has 0 N–H and O–H groups in total. The average molecular weight is 494 g/mol. The van der Waals surface area contributed by atoms with E-state index in [0.29, 0.717) is 0 Å². The first-order valence-corrected chi connectivity index (χ1v) is 28.6. The van der Waals surface area contributed by atoms with Crippen LogP contribution in [0, 0.1) is 0 Å². The van der Waals surface area contributed by atoms with Gasteiger partial charge in [-0.25, -0.2) is 0 Å². The van der Waals surface area contributed by atoms with Gasteiger partial charge in [-0.2, -0.15) is 0 Å². The molecule has 0 aliphatic carbocycles. The van der Waals surface area contributed by atoms with Crippen LogP contribution < -0.4 is 5.79 Å². The molecule has 0 saturated carbocycles. The van der Waals surface area contributed by atoms with Gasteiger partial charge in [-0.05, 0) is 0 Å². The van der Waals surface area contributed by atoms with Crippen molar-refractivity contribution >= 4 is 53.9 Å². The Labute approximate surface area is 133 Å². The first-order chi connectivity index (χ1) is 8.66. The van der Waals surface area contributed by atoms with E-state index in [2.05, 4.69) is 54.0 Å². The normalized spacial score (nSPS) is 13.0. The zero-order chi connectivity index (χ0) is 14.7. The number of rotatable bonds is 7. The minimum absolute atomic E-state index is 1.35.